The summed E-state index contributed by atoms with van der Waals surface area (Å²) >= 11 is 0. The Balaban J connectivity index is 1.41. The molecule has 122 valence electrons. The van der Waals surface area contributed by atoms with Gasteiger partial charge in [0.05, 0.1) is 5.69 Å². The number of anilines is 1. The number of aryl methyl sites for hydroxylation is 1. The molecule has 0 unspecified atom stereocenters. The van der Waals surface area contributed by atoms with Gasteiger partial charge in [-0.1, -0.05) is 0 Å². The van der Waals surface area contributed by atoms with Gasteiger partial charge in [-0.2, -0.15) is 9.78 Å². The Morgan fingerprint density at radius 2 is 1.92 bits per heavy atom. The fraction of sp³-hybridized carbons (Fsp3) is 0.294. The molecular formula is C17H18N6O. The van der Waals surface area contributed by atoms with Crippen molar-refractivity contribution in [3.63, 3.8) is 0 Å². The standard InChI is InChI=1S/C17H18N6O/c1-11-21-17(24)23(22-11)15-6-4-14(5-7-15)18-8-12-9-19-16(20-10-12)13-2-3-13/h4-7,9-10,13,18H,2-3,8H2,1H3,(H,21,22,24). The topological polar surface area (TPSA) is 88.5 Å². The zero-order chi connectivity index (χ0) is 16.5. The van der Waals surface area contributed by atoms with Gasteiger partial charge in [-0.15, -0.1) is 0 Å². The van der Waals surface area contributed by atoms with E-state index in [1.807, 2.05) is 36.7 Å². The number of aromatic amines is 1. The summed E-state index contributed by atoms with van der Waals surface area (Å²) in [6.45, 7) is 2.41. The lowest BCUT2D eigenvalue weighted by atomic mass is 10.2. The van der Waals surface area contributed by atoms with Gasteiger partial charge in [0, 0.05) is 36.1 Å². The molecule has 0 radical (unpaired) electrons. The largest absolute Gasteiger partial charge is 0.381 e. The molecule has 0 amide bonds. The minimum absolute atomic E-state index is 0.235. The molecule has 0 atom stereocenters. The van der Waals surface area contributed by atoms with Gasteiger partial charge < -0.3 is 5.32 Å². The molecule has 7 nitrogen and oxygen atoms in total. The number of hydrogen-bond acceptors (Lipinski definition) is 5. The number of aromatic nitrogens is 5. The Kier molecular flexibility index (Phi) is 3.60. The van der Waals surface area contributed by atoms with Crippen LogP contribution in [0.4, 0.5) is 5.69 Å². The molecule has 4 rings (SSSR count). The quantitative estimate of drug-likeness (QED) is 0.751. The van der Waals surface area contributed by atoms with E-state index in [1.54, 1.807) is 6.92 Å². The minimum Gasteiger partial charge on any atom is -0.381 e. The van der Waals surface area contributed by atoms with E-state index in [1.165, 1.54) is 17.5 Å². The molecule has 1 aromatic carbocycles. The summed E-state index contributed by atoms with van der Waals surface area (Å²) in [6.07, 6.45) is 6.19. The van der Waals surface area contributed by atoms with Crippen LogP contribution in [0.15, 0.2) is 41.5 Å². The van der Waals surface area contributed by atoms with E-state index < -0.39 is 0 Å². The Morgan fingerprint density at radius 1 is 1.21 bits per heavy atom. The molecule has 0 aliphatic heterocycles. The van der Waals surface area contributed by atoms with Crippen LogP contribution in [0.25, 0.3) is 5.69 Å². The highest BCUT2D eigenvalue weighted by atomic mass is 16.1. The summed E-state index contributed by atoms with van der Waals surface area (Å²) in [6, 6.07) is 7.56. The molecule has 0 bridgehead atoms. The zero-order valence-corrected chi connectivity index (χ0v) is 13.4. The maximum absolute atomic E-state index is 11.7. The van der Waals surface area contributed by atoms with Gasteiger partial charge >= 0.3 is 5.69 Å². The average Bonchev–Trinajstić information content (AvgIpc) is 3.39. The SMILES string of the molecule is Cc1nn(-c2ccc(NCc3cnc(C4CC4)nc3)cc2)c(=O)[nH]1. The molecule has 2 heterocycles. The van der Waals surface area contributed by atoms with E-state index in [0.29, 0.717) is 18.3 Å². The molecule has 1 saturated carbocycles. The van der Waals surface area contributed by atoms with Crippen LogP contribution in [0, 0.1) is 6.92 Å². The highest BCUT2D eigenvalue weighted by Crippen LogP contribution is 2.37. The van der Waals surface area contributed by atoms with Crippen LogP contribution in [-0.2, 0) is 6.54 Å². The van der Waals surface area contributed by atoms with Gasteiger partial charge in [0.1, 0.15) is 11.6 Å². The van der Waals surface area contributed by atoms with Crippen molar-refractivity contribution in [2.24, 2.45) is 0 Å². The van der Waals surface area contributed by atoms with E-state index in [0.717, 1.165) is 22.8 Å². The maximum atomic E-state index is 11.7. The zero-order valence-electron chi connectivity index (χ0n) is 13.4. The summed E-state index contributed by atoms with van der Waals surface area (Å²) in [4.78, 5) is 23.2. The fourth-order valence-electron chi connectivity index (χ4n) is 2.54. The van der Waals surface area contributed by atoms with Crippen LogP contribution in [0.3, 0.4) is 0 Å². The van der Waals surface area contributed by atoms with Gasteiger partial charge in [0.25, 0.3) is 0 Å². The van der Waals surface area contributed by atoms with Crippen LogP contribution in [0.2, 0.25) is 0 Å². The first-order chi connectivity index (χ1) is 11.7. The van der Waals surface area contributed by atoms with Crippen LogP contribution >= 0.6 is 0 Å². The van der Waals surface area contributed by atoms with Gasteiger partial charge in [-0.05, 0) is 44.0 Å². The number of nitrogens with zero attached hydrogens (tertiary/aromatic N) is 4. The smallest absolute Gasteiger partial charge is 0.348 e. The molecule has 1 aliphatic carbocycles. The molecule has 7 heteroatoms. The normalized spacial score (nSPS) is 13.9. The lowest BCUT2D eigenvalue weighted by molar-refractivity contribution is 0.833. The van der Waals surface area contributed by atoms with E-state index in [9.17, 15) is 4.79 Å². The molecule has 24 heavy (non-hydrogen) atoms. The molecule has 0 saturated heterocycles. The highest BCUT2D eigenvalue weighted by molar-refractivity contribution is 5.48. The number of nitrogens with one attached hydrogen (secondary N) is 2. The lowest BCUT2D eigenvalue weighted by Gasteiger charge is -2.07. The van der Waals surface area contributed by atoms with Crippen molar-refractivity contribution in [2.75, 3.05) is 5.32 Å². The Bertz CT molecular complexity index is 890. The first-order valence-electron chi connectivity index (χ1n) is 8.00. The third-order valence-corrected chi connectivity index (χ3v) is 4.01. The number of H-pyrrole nitrogens is 1. The molecule has 3 aromatic rings. The van der Waals surface area contributed by atoms with Gasteiger partial charge in [-0.3, -0.25) is 4.98 Å². The fourth-order valence-corrected chi connectivity index (χ4v) is 2.54. The summed E-state index contributed by atoms with van der Waals surface area (Å²) in [5.41, 5.74) is 2.50. The van der Waals surface area contributed by atoms with Crippen molar-refractivity contribution in [3.8, 4) is 5.69 Å². The second kappa shape index (κ2) is 5.92. The van der Waals surface area contributed by atoms with Crippen molar-refractivity contribution < 1.29 is 0 Å². The first-order valence-corrected chi connectivity index (χ1v) is 8.00. The molecule has 1 aliphatic rings. The van der Waals surface area contributed by atoms with Crippen molar-refractivity contribution in [1.29, 1.82) is 0 Å². The molecule has 0 spiro atoms. The third-order valence-electron chi connectivity index (χ3n) is 4.01. The predicted molar refractivity (Wildman–Crippen MR) is 90.3 cm³/mol. The third kappa shape index (κ3) is 3.05. The summed E-state index contributed by atoms with van der Waals surface area (Å²) < 4.78 is 1.35. The van der Waals surface area contributed by atoms with Crippen molar-refractivity contribution in [2.45, 2.75) is 32.2 Å². The molecule has 2 aromatic heterocycles. The second-order valence-corrected chi connectivity index (χ2v) is 6.05. The molecule has 2 N–H and O–H groups in total. The predicted octanol–water partition coefficient (Wildman–Crippen LogP) is 2.15. The minimum atomic E-state index is -0.235. The molecular weight excluding hydrogens is 304 g/mol. The Labute approximate surface area is 138 Å². The van der Waals surface area contributed by atoms with E-state index in [2.05, 4.69) is 25.4 Å². The monoisotopic (exact) mass is 322 g/mol. The van der Waals surface area contributed by atoms with Crippen molar-refractivity contribution in [1.82, 2.24) is 24.7 Å². The highest BCUT2D eigenvalue weighted by Gasteiger charge is 2.25. The summed E-state index contributed by atoms with van der Waals surface area (Å²) in [5.74, 6) is 2.13. The number of benzene rings is 1. The van der Waals surface area contributed by atoms with Crippen molar-refractivity contribution >= 4 is 5.69 Å². The van der Waals surface area contributed by atoms with E-state index >= 15 is 0 Å². The maximum Gasteiger partial charge on any atom is 0.348 e. The Morgan fingerprint density at radius 3 is 2.50 bits per heavy atom. The van der Waals surface area contributed by atoms with Crippen LogP contribution in [-0.4, -0.2) is 24.7 Å². The average molecular weight is 322 g/mol. The van der Waals surface area contributed by atoms with Crippen LogP contribution in [0.1, 0.15) is 36.0 Å². The van der Waals surface area contributed by atoms with Crippen LogP contribution < -0.4 is 11.0 Å². The van der Waals surface area contributed by atoms with Gasteiger partial charge in [0.2, 0.25) is 0 Å². The van der Waals surface area contributed by atoms with Crippen LogP contribution in [0.5, 0.6) is 0 Å². The second-order valence-electron chi connectivity index (χ2n) is 6.05. The number of hydrogen-bond donors (Lipinski definition) is 2. The van der Waals surface area contributed by atoms with Crippen molar-refractivity contribution in [3.05, 3.63) is 64.4 Å². The van der Waals surface area contributed by atoms with Gasteiger partial charge in [0.15, 0.2) is 0 Å². The summed E-state index contributed by atoms with van der Waals surface area (Å²) in [7, 11) is 0. The lowest BCUT2D eigenvalue weighted by Crippen LogP contribution is -2.15. The summed E-state index contributed by atoms with van der Waals surface area (Å²) in [5, 5.41) is 7.47. The van der Waals surface area contributed by atoms with E-state index in [4.69, 9.17) is 0 Å². The number of rotatable bonds is 5. The van der Waals surface area contributed by atoms with E-state index in [-0.39, 0.29) is 5.69 Å². The first kappa shape index (κ1) is 14.6. The Hall–Kier alpha value is -2.96. The van der Waals surface area contributed by atoms with Gasteiger partial charge in [-0.25, -0.2) is 14.8 Å². The molecule has 1 fully saturated rings.